The minimum Gasteiger partial charge on any atom is -0.481 e. The highest BCUT2D eigenvalue weighted by atomic mass is 35.5. The molecule has 0 amide bonds. The first-order valence-corrected chi connectivity index (χ1v) is 4.68. The van der Waals surface area contributed by atoms with Gasteiger partial charge in [0.15, 0.2) is 0 Å². The van der Waals surface area contributed by atoms with E-state index in [0.29, 0.717) is 22.2 Å². The summed E-state index contributed by atoms with van der Waals surface area (Å²) in [7, 11) is 0. The van der Waals surface area contributed by atoms with Gasteiger partial charge in [0.05, 0.1) is 17.6 Å². The Morgan fingerprint density at radius 1 is 1.60 bits per heavy atom. The number of nitrogens with zero attached hydrogens (tertiary/aromatic N) is 3. The van der Waals surface area contributed by atoms with Crippen molar-refractivity contribution in [1.82, 2.24) is 14.6 Å². The summed E-state index contributed by atoms with van der Waals surface area (Å²) in [5, 5.41) is 13.1. The number of carboxylic acid groups (broad SMARTS) is 1. The molecule has 0 radical (unpaired) electrons. The SMILES string of the molecule is Cc1nc(CC(=O)O)c2ccc(Cl)nn12. The number of halogens is 1. The van der Waals surface area contributed by atoms with E-state index in [1.54, 1.807) is 23.6 Å². The highest BCUT2D eigenvalue weighted by Gasteiger charge is 2.12. The van der Waals surface area contributed by atoms with E-state index in [1.165, 1.54) is 0 Å². The van der Waals surface area contributed by atoms with E-state index in [0.717, 1.165) is 0 Å². The zero-order valence-corrected chi connectivity index (χ0v) is 8.69. The lowest BCUT2D eigenvalue weighted by Gasteiger charge is -1.96. The predicted molar refractivity (Wildman–Crippen MR) is 54.1 cm³/mol. The molecule has 0 saturated carbocycles. The number of imidazole rings is 1. The zero-order valence-electron chi connectivity index (χ0n) is 7.94. The molecule has 2 heterocycles. The number of hydrogen-bond acceptors (Lipinski definition) is 3. The second-order valence-corrected chi connectivity index (χ2v) is 3.52. The number of carboxylic acids is 1. The third-order valence-corrected chi connectivity index (χ3v) is 2.22. The Hall–Kier alpha value is -1.62. The van der Waals surface area contributed by atoms with Crippen molar-refractivity contribution in [3.05, 3.63) is 28.8 Å². The smallest absolute Gasteiger partial charge is 0.309 e. The Balaban J connectivity index is 2.62. The second-order valence-electron chi connectivity index (χ2n) is 3.13. The van der Waals surface area contributed by atoms with Crippen LogP contribution in [-0.2, 0) is 11.2 Å². The number of rotatable bonds is 2. The fourth-order valence-corrected chi connectivity index (χ4v) is 1.58. The second kappa shape index (κ2) is 3.51. The lowest BCUT2D eigenvalue weighted by atomic mass is 10.3. The molecule has 6 heteroatoms. The minimum atomic E-state index is -0.912. The van der Waals surface area contributed by atoms with Gasteiger partial charge in [0.1, 0.15) is 11.0 Å². The third-order valence-electron chi connectivity index (χ3n) is 2.02. The van der Waals surface area contributed by atoms with E-state index in [-0.39, 0.29) is 6.42 Å². The molecular weight excluding hydrogens is 218 g/mol. The molecule has 0 saturated heterocycles. The van der Waals surface area contributed by atoms with Crippen molar-refractivity contribution in [2.45, 2.75) is 13.3 Å². The monoisotopic (exact) mass is 225 g/mol. The number of aliphatic carboxylic acids is 1. The van der Waals surface area contributed by atoms with Crippen molar-refractivity contribution in [2.75, 3.05) is 0 Å². The molecule has 0 spiro atoms. The highest BCUT2D eigenvalue weighted by Crippen LogP contribution is 2.14. The molecule has 5 nitrogen and oxygen atoms in total. The highest BCUT2D eigenvalue weighted by molar-refractivity contribution is 6.29. The molecule has 15 heavy (non-hydrogen) atoms. The molecule has 2 aromatic heterocycles. The quantitative estimate of drug-likeness (QED) is 0.837. The Labute approximate surface area is 90.3 Å². The van der Waals surface area contributed by atoms with Crippen LogP contribution in [0.1, 0.15) is 11.5 Å². The lowest BCUT2D eigenvalue weighted by molar-refractivity contribution is -0.136. The molecule has 2 aromatic rings. The number of fused-ring (bicyclic) bond motifs is 1. The van der Waals surface area contributed by atoms with Gasteiger partial charge in [-0.25, -0.2) is 9.50 Å². The van der Waals surface area contributed by atoms with E-state index >= 15 is 0 Å². The van der Waals surface area contributed by atoms with Crippen LogP contribution in [0.4, 0.5) is 0 Å². The van der Waals surface area contributed by atoms with Gasteiger partial charge in [-0.15, -0.1) is 0 Å². The summed E-state index contributed by atoms with van der Waals surface area (Å²) in [6.07, 6.45) is -0.110. The first-order valence-electron chi connectivity index (χ1n) is 4.30. The van der Waals surface area contributed by atoms with Crippen LogP contribution in [-0.4, -0.2) is 25.7 Å². The van der Waals surface area contributed by atoms with Crippen molar-refractivity contribution in [2.24, 2.45) is 0 Å². The van der Waals surface area contributed by atoms with Crippen molar-refractivity contribution >= 4 is 23.1 Å². The van der Waals surface area contributed by atoms with Crippen molar-refractivity contribution in [3.8, 4) is 0 Å². The van der Waals surface area contributed by atoms with Crippen LogP contribution in [0.25, 0.3) is 5.52 Å². The van der Waals surface area contributed by atoms with Crippen LogP contribution in [0.15, 0.2) is 12.1 Å². The Bertz CT molecular complexity index is 535. The first-order chi connectivity index (χ1) is 7.08. The van der Waals surface area contributed by atoms with E-state index in [9.17, 15) is 4.79 Å². The molecule has 0 bridgehead atoms. The van der Waals surface area contributed by atoms with Crippen LogP contribution < -0.4 is 0 Å². The van der Waals surface area contributed by atoms with Gasteiger partial charge in [-0.3, -0.25) is 4.79 Å². The molecule has 0 aromatic carbocycles. The predicted octanol–water partition coefficient (Wildman–Crippen LogP) is 1.32. The average molecular weight is 226 g/mol. The number of hydrogen-bond donors (Lipinski definition) is 1. The average Bonchev–Trinajstić information content (AvgIpc) is 2.42. The maximum absolute atomic E-state index is 10.6. The molecule has 2 rings (SSSR count). The maximum Gasteiger partial charge on any atom is 0.309 e. The van der Waals surface area contributed by atoms with Gasteiger partial charge < -0.3 is 5.11 Å². The normalized spacial score (nSPS) is 10.8. The Morgan fingerprint density at radius 2 is 2.33 bits per heavy atom. The first kappa shape index (κ1) is 9.92. The van der Waals surface area contributed by atoms with E-state index in [2.05, 4.69) is 10.1 Å². The van der Waals surface area contributed by atoms with E-state index in [4.69, 9.17) is 16.7 Å². The van der Waals surface area contributed by atoms with E-state index < -0.39 is 5.97 Å². The summed E-state index contributed by atoms with van der Waals surface area (Å²) in [4.78, 5) is 14.7. The number of carbonyl (C=O) groups is 1. The Kier molecular flexibility index (Phi) is 2.32. The van der Waals surface area contributed by atoms with Crippen molar-refractivity contribution < 1.29 is 9.90 Å². The molecule has 0 aliphatic heterocycles. The summed E-state index contributed by atoms with van der Waals surface area (Å²) >= 11 is 5.73. The van der Waals surface area contributed by atoms with Crippen molar-refractivity contribution in [3.63, 3.8) is 0 Å². The molecular formula is C9H8ClN3O2. The van der Waals surface area contributed by atoms with Crippen LogP contribution in [0.2, 0.25) is 5.15 Å². The van der Waals surface area contributed by atoms with Gasteiger partial charge in [0.25, 0.3) is 0 Å². The number of aromatic nitrogens is 3. The van der Waals surface area contributed by atoms with Gasteiger partial charge in [0.2, 0.25) is 0 Å². The molecule has 0 unspecified atom stereocenters. The fraction of sp³-hybridized carbons (Fsp3) is 0.222. The maximum atomic E-state index is 10.6. The minimum absolute atomic E-state index is 0.110. The van der Waals surface area contributed by atoms with Crippen LogP contribution >= 0.6 is 11.6 Å². The van der Waals surface area contributed by atoms with Crippen molar-refractivity contribution in [1.29, 1.82) is 0 Å². The molecule has 0 aliphatic rings. The van der Waals surface area contributed by atoms with Gasteiger partial charge >= 0.3 is 5.97 Å². The standard InChI is InChI=1S/C9H8ClN3O2/c1-5-11-6(4-9(14)15)7-2-3-8(10)12-13(5)7/h2-3H,4H2,1H3,(H,14,15). The summed E-state index contributed by atoms with van der Waals surface area (Å²) < 4.78 is 1.54. The Morgan fingerprint density at radius 3 is 3.00 bits per heavy atom. The summed E-state index contributed by atoms with van der Waals surface area (Å²) in [6, 6.07) is 3.33. The van der Waals surface area contributed by atoms with Crippen LogP contribution in [0, 0.1) is 6.92 Å². The largest absolute Gasteiger partial charge is 0.481 e. The zero-order chi connectivity index (χ0) is 11.0. The van der Waals surface area contributed by atoms with Crippen LogP contribution in [0.3, 0.4) is 0 Å². The molecule has 0 fully saturated rings. The summed E-state index contributed by atoms with van der Waals surface area (Å²) in [5.74, 6) is -0.284. The van der Waals surface area contributed by atoms with Gasteiger partial charge in [-0.1, -0.05) is 11.6 Å². The fourth-order valence-electron chi connectivity index (χ4n) is 1.44. The topological polar surface area (TPSA) is 67.5 Å². The third kappa shape index (κ3) is 1.78. The van der Waals surface area contributed by atoms with Gasteiger partial charge in [-0.05, 0) is 19.1 Å². The molecule has 1 N–H and O–H groups in total. The lowest BCUT2D eigenvalue weighted by Crippen LogP contribution is -2.01. The summed E-state index contributed by atoms with van der Waals surface area (Å²) in [6.45, 7) is 1.75. The van der Waals surface area contributed by atoms with Gasteiger partial charge in [0, 0.05) is 0 Å². The summed E-state index contributed by atoms with van der Waals surface area (Å²) in [5.41, 5.74) is 1.18. The van der Waals surface area contributed by atoms with Crippen LogP contribution in [0.5, 0.6) is 0 Å². The van der Waals surface area contributed by atoms with E-state index in [1.807, 2.05) is 0 Å². The number of aryl methyl sites for hydroxylation is 1. The molecule has 0 atom stereocenters. The van der Waals surface area contributed by atoms with Gasteiger partial charge in [-0.2, -0.15) is 5.10 Å². The molecule has 0 aliphatic carbocycles. The molecule has 78 valence electrons.